The molecule has 1 aliphatic rings. The molecule has 2 rings (SSSR count). The van der Waals surface area contributed by atoms with Gasteiger partial charge in [-0.1, -0.05) is 17.7 Å². The Morgan fingerprint density at radius 2 is 2.32 bits per heavy atom. The maximum Gasteiger partial charge on any atom is 0.129 e. The predicted octanol–water partition coefficient (Wildman–Crippen LogP) is 2.95. The van der Waals surface area contributed by atoms with Gasteiger partial charge in [0.15, 0.2) is 0 Å². The van der Waals surface area contributed by atoms with Crippen LogP contribution in [-0.2, 0) is 6.54 Å². The topological polar surface area (TPSA) is 28.2 Å². The Labute approximate surface area is 121 Å². The Morgan fingerprint density at radius 3 is 2.89 bits per heavy atom. The number of hydrogen-bond acceptors (Lipinski definition) is 3. The Kier molecular flexibility index (Phi) is 5.61. The summed E-state index contributed by atoms with van der Waals surface area (Å²) in [6.07, 6.45) is 4.53. The molecule has 1 unspecified atom stereocenters. The first-order chi connectivity index (χ1) is 9.15. The number of pyridine rings is 1. The smallest absolute Gasteiger partial charge is 0.129 e. The summed E-state index contributed by atoms with van der Waals surface area (Å²) in [5, 5.41) is 4.06. The lowest BCUT2D eigenvalue weighted by Crippen LogP contribution is -2.40. The van der Waals surface area contributed by atoms with Gasteiger partial charge >= 0.3 is 0 Å². The Bertz CT molecular complexity index is 371. The van der Waals surface area contributed by atoms with E-state index in [1.54, 1.807) is 0 Å². The first-order valence-electron chi connectivity index (χ1n) is 7.20. The molecule has 0 saturated carbocycles. The van der Waals surface area contributed by atoms with Crippen LogP contribution in [0.1, 0.15) is 32.3 Å². The maximum absolute atomic E-state index is 5.83. The average molecular weight is 282 g/mol. The molecule has 1 aromatic heterocycles. The molecule has 0 spiro atoms. The van der Waals surface area contributed by atoms with Crippen molar-refractivity contribution in [1.29, 1.82) is 0 Å². The van der Waals surface area contributed by atoms with Crippen molar-refractivity contribution in [2.75, 3.05) is 19.6 Å². The van der Waals surface area contributed by atoms with Crippen LogP contribution in [0.15, 0.2) is 18.3 Å². The molecule has 0 amide bonds. The lowest BCUT2D eigenvalue weighted by Gasteiger charge is -2.32. The van der Waals surface area contributed by atoms with Crippen molar-refractivity contribution in [3.8, 4) is 0 Å². The minimum Gasteiger partial charge on any atom is -0.316 e. The van der Waals surface area contributed by atoms with E-state index in [1.165, 1.54) is 24.9 Å². The van der Waals surface area contributed by atoms with Crippen LogP contribution in [0.2, 0.25) is 5.15 Å². The standard InChI is InChI=1S/C15H24ClN3/c1-12(2)19(10-13-4-3-7-17-8-13)11-14-5-6-15(16)18-9-14/h5-6,9,12-13,17H,3-4,7-8,10-11H2,1-2H3. The number of piperidine rings is 1. The monoisotopic (exact) mass is 281 g/mol. The van der Waals surface area contributed by atoms with Crippen molar-refractivity contribution in [3.05, 3.63) is 29.0 Å². The lowest BCUT2D eigenvalue weighted by molar-refractivity contribution is 0.164. The number of rotatable bonds is 5. The first kappa shape index (κ1) is 14.8. The minimum absolute atomic E-state index is 0.553. The van der Waals surface area contributed by atoms with Crippen LogP contribution in [0.25, 0.3) is 0 Å². The van der Waals surface area contributed by atoms with E-state index in [0.717, 1.165) is 25.6 Å². The summed E-state index contributed by atoms with van der Waals surface area (Å²) in [4.78, 5) is 6.70. The number of aromatic nitrogens is 1. The number of nitrogens with one attached hydrogen (secondary N) is 1. The molecule has 3 nitrogen and oxygen atoms in total. The van der Waals surface area contributed by atoms with Crippen molar-refractivity contribution >= 4 is 11.6 Å². The van der Waals surface area contributed by atoms with E-state index >= 15 is 0 Å². The molecule has 0 aromatic carbocycles. The van der Waals surface area contributed by atoms with Gasteiger partial charge in [0.05, 0.1) is 0 Å². The van der Waals surface area contributed by atoms with E-state index in [4.69, 9.17) is 11.6 Å². The number of halogens is 1. The Hall–Kier alpha value is -0.640. The van der Waals surface area contributed by atoms with Crippen LogP contribution in [0, 0.1) is 5.92 Å². The van der Waals surface area contributed by atoms with Gasteiger partial charge in [0.2, 0.25) is 0 Å². The minimum atomic E-state index is 0.553. The molecule has 1 aliphatic heterocycles. The van der Waals surface area contributed by atoms with Crippen LogP contribution in [-0.4, -0.2) is 35.6 Å². The van der Waals surface area contributed by atoms with Gasteiger partial charge in [0.25, 0.3) is 0 Å². The third-order valence-electron chi connectivity index (χ3n) is 3.80. The summed E-state index contributed by atoms with van der Waals surface area (Å²) in [5.74, 6) is 0.774. The first-order valence-corrected chi connectivity index (χ1v) is 7.58. The SMILES string of the molecule is CC(C)N(Cc1ccc(Cl)nc1)CC1CCCNC1. The van der Waals surface area contributed by atoms with E-state index in [1.807, 2.05) is 12.3 Å². The van der Waals surface area contributed by atoms with Gasteiger partial charge in [0.1, 0.15) is 5.15 Å². The summed E-state index contributed by atoms with van der Waals surface area (Å²) >= 11 is 5.83. The van der Waals surface area contributed by atoms with E-state index in [2.05, 4.69) is 35.1 Å². The van der Waals surface area contributed by atoms with Crippen LogP contribution in [0.4, 0.5) is 0 Å². The third kappa shape index (κ3) is 4.75. The van der Waals surface area contributed by atoms with Gasteiger partial charge in [-0.25, -0.2) is 4.98 Å². The predicted molar refractivity (Wildman–Crippen MR) is 80.4 cm³/mol. The molecule has 4 heteroatoms. The molecular weight excluding hydrogens is 258 g/mol. The van der Waals surface area contributed by atoms with Crippen molar-refractivity contribution in [3.63, 3.8) is 0 Å². The molecule has 1 aromatic rings. The zero-order valence-corrected chi connectivity index (χ0v) is 12.7. The van der Waals surface area contributed by atoms with E-state index < -0.39 is 0 Å². The summed E-state index contributed by atoms with van der Waals surface area (Å²) in [5.41, 5.74) is 1.24. The summed E-state index contributed by atoms with van der Waals surface area (Å²) in [7, 11) is 0. The number of nitrogens with zero attached hydrogens (tertiary/aromatic N) is 2. The van der Waals surface area contributed by atoms with Gasteiger partial charge in [0, 0.05) is 25.3 Å². The summed E-state index contributed by atoms with van der Waals surface area (Å²) < 4.78 is 0. The molecule has 1 atom stereocenters. The molecule has 106 valence electrons. The molecule has 1 saturated heterocycles. The summed E-state index contributed by atoms with van der Waals surface area (Å²) in [6.45, 7) is 8.98. The van der Waals surface area contributed by atoms with Gasteiger partial charge in [-0.2, -0.15) is 0 Å². The lowest BCUT2D eigenvalue weighted by atomic mass is 9.98. The highest BCUT2D eigenvalue weighted by Crippen LogP contribution is 2.16. The maximum atomic E-state index is 5.83. The highest BCUT2D eigenvalue weighted by atomic mass is 35.5. The molecule has 19 heavy (non-hydrogen) atoms. The zero-order chi connectivity index (χ0) is 13.7. The second-order valence-corrected chi connectivity index (χ2v) is 6.11. The molecule has 2 heterocycles. The molecule has 0 radical (unpaired) electrons. The Morgan fingerprint density at radius 1 is 1.47 bits per heavy atom. The van der Waals surface area contributed by atoms with Gasteiger partial charge in [-0.3, -0.25) is 4.90 Å². The Balaban J connectivity index is 1.93. The zero-order valence-electron chi connectivity index (χ0n) is 11.9. The third-order valence-corrected chi connectivity index (χ3v) is 4.02. The average Bonchev–Trinajstić information content (AvgIpc) is 2.41. The fraction of sp³-hybridized carbons (Fsp3) is 0.667. The van der Waals surface area contributed by atoms with Crippen molar-refractivity contribution < 1.29 is 0 Å². The quantitative estimate of drug-likeness (QED) is 0.841. The fourth-order valence-corrected chi connectivity index (χ4v) is 2.72. The van der Waals surface area contributed by atoms with E-state index in [0.29, 0.717) is 11.2 Å². The van der Waals surface area contributed by atoms with E-state index in [-0.39, 0.29) is 0 Å². The van der Waals surface area contributed by atoms with Crippen LogP contribution < -0.4 is 5.32 Å². The van der Waals surface area contributed by atoms with Crippen molar-refractivity contribution in [1.82, 2.24) is 15.2 Å². The highest BCUT2D eigenvalue weighted by Gasteiger charge is 2.19. The molecular formula is C15H24ClN3. The normalized spacial score (nSPS) is 20.2. The summed E-state index contributed by atoms with van der Waals surface area (Å²) in [6, 6.07) is 4.50. The van der Waals surface area contributed by atoms with Crippen LogP contribution in [0.5, 0.6) is 0 Å². The van der Waals surface area contributed by atoms with Crippen molar-refractivity contribution in [2.24, 2.45) is 5.92 Å². The van der Waals surface area contributed by atoms with Crippen LogP contribution in [0.3, 0.4) is 0 Å². The largest absolute Gasteiger partial charge is 0.316 e. The van der Waals surface area contributed by atoms with E-state index in [9.17, 15) is 0 Å². The molecule has 1 fully saturated rings. The number of hydrogen-bond donors (Lipinski definition) is 1. The van der Waals surface area contributed by atoms with Crippen molar-refractivity contribution in [2.45, 2.75) is 39.3 Å². The molecule has 0 aliphatic carbocycles. The van der Waals surface area contributed by atoms with Crippen LogP contribution >= 0.6 is 11.6 Å². The van der Waals surface area contributed by atoms with Gasteiger partial charge in [-0.05, 0) is 57.3 Å². The van der Waals surface area contributed by atoms with Gasteiger partial charge < -0.3 is 5.32 Å². The second-order valence-electron chi connectivity index (χ2n) is 5.72. The second kappa shape index (κ2) is 7.22. The van der Waals surface area contributed by atoms with Gasteiger partial charge in [-0.15, -0.1) is 0 Å². The highest BCUT2D eigenvalue weighted by molar-refractivity contribution is 6.29. The fourth-order valence-electron chi connectivity index (χ4n) is 2.60. The molecule has 1 N–H and O–H groups in total. The molecule has 0 bridgehead atoms.